The van der Waals surface area contributed by atoms with E-state index >= 15 is 0 Å². The van der Waals surface area contributed by atoms with Gasteiger partial charge in [0.2, 0.25) is 5.91 Å². The third-order valence-corrected chi connectivity index (χ3v) is 4.42. The quantitative estimate of drug-likeness (QED) is 0.733. The van der Waals surface area contributed by atoms with Gasteiger partial charge >= 0.3 is 0 Å². The van der Waals surface area contributed by atoms with Gasteiger partial charge in [0.05, 0.1) is 0 Å². The third-order valence-electron chi connectivity index (χ3n) is 4.42. The Kier molecular flexibility index (Phi) is 8.11. The maximum Gasteiger partial charge on any atom is 0.222 e. The highest BCUT2D eigenvalue weighted by molar-refractivity contribution is 5.76. The summed E-state index contributed by atoms with van der Waals surface area (Å²) >= 11 is 0. The lowest BCUT2D eigenvalue weighted by Gasteiger charge is -2.30. The van der Waals surface area contributed by atoms with Crippen LogP contribution in [0.2, 0.25) is 0 Å². The van der Waals surface area contributed by atoms with Crippen LogP contribution in [-0.4, -0.2) is 36.5 Å². The molecule has 0 saturated carbocycles. The van der Waals surface area contributed by atoms with E-state index in [2.05, 4.69) is 31.0 Å². The Hall–Kier alpha value is -0.570. The summed E-state index contributed by atoms with van der Waals surface area (Å²) in [6, 6.07) is 0.395. The van der Waals surface area contributed by atoms with Crippen molar-refractivity contribution in [3.05, 3.63) is 0 Å². The minimum atomic E-state index is 0.376. The fraction of sp³-hybridized carbons (Fsp3) is 0.938. The second kappa shape index (κ2) is 9.35. The fourth-order valence-electron chi connectivity index (χ4n) is 2.78. The van der Waals surface area contributed by atoms with Crippen LogP contribution in [0.3, 0.4) is 0 Å². The molecule has 3 nitrogen and oxygen atoms in total. The molecule has 1 heterocycles. The van der Waals surface area contributed by atoms with Crippen LogP contribution in [0.5, 0.6) is 0 Å². The van der Waals surface area contributed by atoms with E-state index in [1.54, 1.807) is 0 Å². The summed E-state index contributed by atoms with van der Waals surface area (Å²) in [5, 5.41) is 3.39. The van der Waals surface area contributed by atoms with Gasteiger partial charge in [0.25, 0.3) is 0 Å². The minimum Gasteiger partial charge on any atom is -0.340 e. The maximum absolute atomic E-state index is 12.4. The molecule has 0 radical (unpaired) electrons. The molecule has 1 aliphatic heterocycles. The molecule has 0 bridgehead atoms. The van der Waals surface area contributed by atoms with E-state index in [1.807, 2.05) is 0 Å². The second-order valence-electron chi connectivity index (χ2n) is 5.93. The van der Waals surface area contributed by atoms with E-state index in [4.69, 9.17) is 0 Å². The number of amides is 1. The first-order valence-corrected chi connectivity index (χ1v) is 8.19. The second-order valence-corrected chi connectivity index (χ2v) is 5.93. The average molecular weight is 268 g/mol. The van der Waals surface area contributed by atoms with Crippen molar-refractivity contribution in [2.45, 2.75) is 71.8 Å². The highest BCUT2D eigenvalue weighted by Crippen LogP contribution is 2.19. The van der Waals surface area contributed by atoms with Crippen molar-refractivity contribution in [2.24, 2.45) is 5.92 Å². The van der Waals surface area contributed by atoms with Crippen molar-refractivity contribution in [3.63, 3.8) is 0 Å². The molecule has 1 N–H and O–H groups in total. The number of piperidine rings is 1. The normalized spacial score (nSPS) is 18.3. The summed E-state index contributed by atoms with van der Waals surface area (Å²) in [6.07, 6.45) is 7.66. The molecule has 1 saturated heterocycles. The van der Waals surface area contributed by atoms with E-state index in [0.717, 1.165) is 57.7 Å². The zero-order valence-corrected chi connectivity index (χ0v) is 13.1. The highest BCUT2D eigenvalue weighted by atomic mass is 16.2. The number of nitrogens with one attached hydrogen (secondary N) is 1. The molecule has 1 rings (SSSR count). The summed E-state index contributed by atoms with van der Waals surface area (Å²) in [7, 11) is 0. The molecule has 1 amide bonds. The van der Waals surface area contributed by atoms with Crippen LogP contribution < -0.4 is 5.32 Å². The standard InChI is InChI=1S/C16H32N2O/c1-4-6-13-18(14(3)5-2)16(19)8-7-15-9-11-17-12-10-15/h14-15,17H,4-13H2,1-3H3. The number of nitrogens with zero attached hydrogens (tertiary/aromatic N) is 1. The summed E-state index contributed by atoms with van der Waals surface area (Å²) in [5.74, 6) is 1.14. The number of hydrogen-bond acceptors (Lipinski definition) is 2. The highest BCUT2D eigenvalue weighted by Gasteiger charge is 2.20. The van der Waals surface area contributed by atoms with Crippen LogP contribution in [-0.2, 0) is 4.79 Å². The van der Waals surface area contributed by atoms with E-state index in [0.29, 0.717) is 11.9 Å². The predicted molar refractivity (Wildman–Crippen MR) is 81.2 cm³/mol. The zero-order valence-electron chi connectivity index (χ0n) is 13.1. The van der Waals surface area contributed by atoms with Crippen LogP contribution in [0, 0.1) is 5.92 Å². The van der Waals surface area contributed by atoms with E-state index in [1.165, 1.54) is 12.8 Å². The van der Waals surface area contributed by atoms with Crippen molar-refractivity contribution in [1.29, 1.82) is 0 Å². The third kappa shape index (κ3) is 5.94. The molecule has 1 aliphatic rings. The number of unbranched alkanes of at least 4 members (excludes halogenated alkanes) is 1. The molecular formula is C16H32N2O. The zero-order chi connectivity index (χ0) is 14.1. The van der Waals surface area contributed by atoms with E-state index in [-0.39, 0.29) is 0 Å². The Labute approximate surface area is 119 Å². The first kappa shape index (κ1) is 16.5. The lowest BCUT2D eigenvalue weighted by molar-refractivity contribution is -0.133. The molecule has 1 atom stereocenters. The molecule has 1 unspecified atom stereocenters. The van der Waals surface area contributed by atoms with Gasteiger partial charge in [-0.25, -0.2) is 0 Å². The molecule has 0 aromatic heterocycles. The smallest absolute Gasteiger partial charge is 0.222 e. The first-order chi connectivity index (χ1) is 9.19. The van der Waals surface area contributed by atoms with Crippen LogP contribution in [0.25, 0.3) is 0 Å². The van der Waals surface area contributed by atoms with Crippen LogP contribution >= 0.6 is 0 Å². The molecule has 112 valence electrons. The molecule has 1 fully saturated rings. The van der Waals surface area contributed by atoms with Gasteiger partial charge in [-0.2, -0.15) is 0 Å². The van der Waals surface area contributed by atoms with Gasteiger partial charge in [0.1, 0.15) is 0 Å². The molecule has 19 heavy (non-hydrogen) atoms. The van der Waals surface area contributed by atoms with Gasteiger partial charge < -0.3 is 10.2 Å². The van der Waals surface area contributed by atoms with Crippen LogP contribution in [0.1, 0.15) is 65.7 Å². The van der Waals surface area contributed by atoms with Crippen molar-refractivity contribution in [2.75, 3.05) is 19.6 Å². The van der Waals surface area contributed by atoms with Crippen LogP contribution in [0.15, 0.2) is 0 Å². The van der Waals surface area contributed by atoms with E-state index < -0.39 is 0 Å². The fourth-order valence-corrected chi connectivity index (χ4v) is 2.78. The number of rotatable bonds is 8. The number of carbonyl (C=O) groups is 1. The first-order valence-electron chi connectivity index (χ1n) is 8.19. The van der Waals surface area contributed by atoms with Gasteiger partial charge in [-0.05, 0) is 58.0 Å². The monoisotopic (exact) mass is 268 g/mol. The summed E-state index contributed by atoms with van der Waals surface area (Å²) in [6.45, 7) is 9.74. The topological polar surface area (TPSA) is 32.3 Å². The van der Waals surface area contributed by atoms with Crippen molar-refractivity contribution in [1.82, 2.24) is 10.2 Å². The van der Waals surface area contributed by atoms with Gasteiger partial charge in [0.15, 0.2) is 0 Å². The molecule has 3 heteroatoms. The summed E-state index contributed by atoms with van der Waals surface area (Å²) in [5.41, 5.74) is 0. The Morgan fingerprint density at radius 1 is 1.32 bits per heavy atom. The lowest BCUT2D eigenvalue weighted by Crippen LogP contribution is -2.39. The SMILES string of the molecule is CCCCN(C(=O)CCC1CCNCC1)C(C)CC. The van der Waals surface area contributed by atoms with Gasteiger partial charge in [0, 0.05) is 19.0 Å². The number of hydrogen-bond donors (Lipinski definition) is 1. The Balaban J connectivity index is 2.37. The van der Waals surface area contributed by atoms with Gasteiger partial charge in [-0.1, -0.05) is 20.3 Å². The van der Waals surface area contributed by atoms with Crippen molar-refractivity contribution < 1.29 is 4.79 Å². The molecule has 0 aliphatic carbocycles. The Morgan fingerprint density at radius 3 is 2.58 bits per heavy atom. The Bertz CT molecular complexity index is 249. The van der Waals surface area contributed by atoms with Crippen molar-refractivity contribution in [3.8, 4) is 0 Å². The summed E-state index contributed by atoms with van der Waals surface area (Å²) in [4.78, 5) is 14.5. The maximum atomic E-state index is 12.4. The van der Waals surface area contributed by atoms with Crippen molar-refractivity contribution >= 4 is 5.91 Å². The largest absolute Gasteiger partial charge is 0.340 e. The van der Waals surface area contributed by atoms with E-state index in [9.17, 15) is 4.79 Å². The van der Waals surface area contributed by atoms with Gasteiger partial charge in [-0.3, -0.25) is 4.79 Å². The minimum absolute atomic E-state index is 0.376. The Morgan fingerprint density at radius 2 is 2.00 bits per heavy atom. The molecule has 0 spiro atoms. The average Bonchev–Trinajstić information content (AvgIpc) is 2.46. The molecule has 0 aromatic carbocycles. The molecule has 0 aromatic rings. The predicted octanol–water partition coefficient (Wildman–Crippen LogP) is 3.19. The lowest BCUT2D eigenvalue weighted by atomic mass is 9.93. The summed E-state index contributed by atoms with van der Waals surface area (Å²) < 4.78 is 0. The van der Waals surface area contributed by atoms with Crippen LogP contribution in [0.4, 0.5) is 0 Å². The van der Waals surface area contributed by atoms with Gasteiger partial charge in [-0.15, -0.1) is 0 Å². The molecular weight excluding hydrogens is 236 g/mol. The number of carbonyl (C=O) groups excluding carboxylic acids is 1.